The van der Waals surface area contributed by atoms with Gasteiger partial charge in [-0.05, 0) is 62.6 Å². The summed E-state index contributed by atoms with van der Waals surface area (Å²) in [4.78, 5) is 4.38. The third-order valence-electron chi connectivity index (χ3n) is 3.77. The number of pyridine rings is 1. The summed E-state index contributed by atoms with van der Waals surface area (Å²) in [5.74, 6) is 6.33. The summed E-state index contributed by atoms with van der Waals surface area (Å²) < 4.78 is 11.6. The first-order valence-electron chi connectivity index (χ1n) is 7.90. The molecule has 0 aliphatic carbocycles. The van der Waals surface area contributed by atoms with Gasteiger partial charge in [0.25, 0.3) is 0 Å². The second kappa shape index (κ2) is 6.88. The molecule has 0 saturated carbocycles. The van der Waals surface area contributed by atoms with Gasteiger partial charge in [0.2, 0.25) is 0 Å². The molecule has 0 radical (unpaired) electrons. The lowest BCUT2D eigenvalue weighted by atomic mass is 10.1. The van der Waals surface area contributed by atoms with E-state index < -0.39 is 5.60 Å². The Labute approximate surface area is 142 Å². The number of hydrogen-bond donors (Lipinski definition) is 0. The van der Waals surface area contributed by atoms with Gasteiger partial charge in [0.1, 0.15) is 11.3 Å². The monoisotopic (exact) mass is 329 g/mol. The maximum absolute atomic E-state index is 6.04. The van der Waals surface area contributed by atoms with Crippen molar-refractivity contribution in [1.29, 1.82) is 0 Å². The van der Waals surface area contributed by atoms with E-state index in [0.717, 1.165) is 42.3 Å². The number of benzene rings is 1. The molecule has 1 aromatic heterocycles. The first kappa shape index (κ1) is 16.3. The Morgan fingerprint density at radius 1 is 1.30 bits per heavy atom. The lowest BCUT2D eigenvalue weighted by Crippen LogP contribution is -2.33. The average molecular weight is 330 g/mol. The second-order valence-corrected chi connectivity index (χ2v) is 6.64. The minimum absolute atomic E-state index is 0.160. The topological polar surface area (TPSA) is 31.4 Å². The number of ether oxygens (including phenoxy) is 2. The molecule has 2 heterocycles. The van der Waals surface area contributed by atoms with Crippen molar-refractivity contribution in [2.45, 2.75) is 45.0 Å². The van der Waals surface area contributed by atoms with Crippen molar-refractivity contribution in [3.8, 4) is 11.8 Å². The van der Waals surface area contributed by atoms with Crippen LogP contribution in [0.5, 0.6) is 0 Å². The lowest BCUT2D eigenvalue weighted by Gasteiger charge is -2.29. The molecule has 1 aliphatic rings. The number of nitrogens with zero attached hydrogens (tertiary/aromatic N) is 1. The smallest absolute Gasteiger partial charge is 0.159 e. The molecular formula is C19H20ClNO2. The Hall–Kier alpha value is -1.60. The van der Waals surface area contributed by atoms with Crippen LogP contribution in [0.1, 0.15) is 38.8 Å². The van der Waals surface area contributed by atoms with Crippen LogP contribution in [-0.4, -0.2) is 23.5 Å². The van der Waals surface area contributed by atoms with Crippen molar-refractivity contribution in [1.82, 2.24) is 4.98 Å². The maximum Gasteiger partial charge on any atom is 0.159 e. The van der Waals surface area contributed by atoms with Crippen LogP contribution in [0.15, 0.2) is 30.5 Å². The fourth-order valence-electron chi connectivity index (χ4n) is 2.62. The van der Waals surface area contributed by atoms with Crippen molar-refractivity contribution >= 4 is 22.4 Å². The molecule has 3 rings (SSSR count). The molecule has 2 aromatic rings. The van der Waals surface area contributed by atoms with Crippen LogP contribution in [0.25, 0.3) is 10.8 Å². The SMILES string of the molecule is CC(C)(C#Cc1nccc2cc(Cl)ccc12)OC1CCCCO1. The predicted octanol–water partition coefficient (Wildman–Crippen LogP) is 4.56. The number of rotatable bonds is 2. The number of aromatic nitrogens is 1. The van der Waals surface area contributed by atoms with Gasteiger partial charge < -0.3 is 9.47 Å². The van der Waals surface area contributed by atoms with E-state index in [1.54, 1.807) is 6.20 Å². The summed E-state index contributed by atoms with van der Waals surface area (Å²) in [5.41, 5.74) is 0.151. The van der Waals surface area contributed by atoms with Gasteiger partial charge in [-0.15, -0.1) is 0 Å². The summed E-state index contributed by atoms with van der Waals surface area (Å²) in [6, 6.07) is 7.66. The van der Waals surface area contributed by atoms with Gasteiger partial charge in [-0.25, -0.2) is 4.98 Å². The zero-order valence-electron chi connectivity index (χ0n) is 13.4. The molecule has 3 nitrogen and oxygen atoms in total. The van der Waals surface area contributed by atoms with E-state index in [-0.39, 0.29) is 6.29 Å². The second-order valence-electron chi connectivity index (χ2n) is 6.20. The first-order valence-corrected chi connectivity index (χ1v) is 8.28. The largest absolute Gasteiger partial charge is 0.353 e. The van der Waals surface area contributed by atoms with E-state index in [4.69, 9.17) is 21.1 Å². The Balaban J connectivity index is 1.82. The van der Waals surface area contributed by atoms with Gasteiger partial charge in [0, 0.05) is 23.2 Å². The highest BCUT2D eigenvalue weighted by atomic mass is 35.5. The molecule has 1 saturated heterocycles. The van der Waals surface area contributed by atoms with Gasteiger partial charge in [-0.1, -0.05) is 23.6 Å². The van der Waals surface area contributed by atoms with E-state index in [1.807, 2.05) is 38.1 Å². The average Bonchev–Trinajstić information content (AvgIpc) is 2.53. The standard InChI is InChI=1S/C19H20ClNO2/c1-19(2,23-18-5-3-4-12-22-18)10-8-17-16-7-6-15(20)13-14(16)9-11-21-17/h6-7,9,11,13,18H,3-5,12H2,1-2H3. The molecule has 1 unspecified atom stereocenters. The molecule has 4 heteroatoms. The first-order chi connectivity index (χ1) is 11.0. The molecule has 1 aliphatic heterocycles. The van der Waals surface area contributed by atoms with E-state index in [2.05, 4.69) is 16.8 Å². The van der Waals surface area contributed by atoms with E-state index in [0.29, 0.717) is 5.02 Å². The maximum atomic E-state index is 6.04. The molecule has 1 atom stereocenters. The highest BCUT2D eigenvalue weighted by Gasteiger charge is 2.23. The molecule has 1 fully saturated rings. The molecular weight excluding hydrogens is 310 g/mol. The fourth-order valence-corrected chi connectivity index (χ4v) is 2.80. The summed E-state index contributed by atoms with van der Waals surface area (Å²) in [7, 11) is 0. The third kappa shape index (κ3) is 4.23. The van der Waals surface area contributed by atoms with Crippen molar-refractivity contribution in [3.63, 3.8) is 0 Å². The highest BCUT2D eigenvalue weighted by Crippen LogP contribution is 2.22. The van der Waals surface area contributed by atoms with Gasteiger partial charge in [0.15, 0.2) is 6.29 Å². The summed E-state index contributed by atoms with van der Waals surface area (Å²) >= 11 is 6.04. The normalized spacial score (nSPS) is 18.5. The van der Waals surface area contributed by atoms with Crippen molar-refractivity contribution < 1.29 is 9.47 Å². The molecule has 0 N–H and O–H groups in total. The van der Waals surface area contributed by atoms with Crippen LogP contribution < -0.4 is 0 Å². The number of halogens is 1. The zero-order valence-corrected chi connectivity index (χ0v) is 14.2. The van der Waals surface area contributed by atoms with Gasteiger partial charge in [-0.2, -0.15) is 0 Å². The molecule has 0 amide bonds. The Morgan fingerprint density at radius 3 is 2.96 bits per heavy atom. The van der Waals surface area contributed by atoms with Gasteiger partial charge in [-0.3, -0.25) is 0 Å². The summed E-state index contributed by atoms with van der Waals surface area (Å²) in [5, 5.41) is 2.74. The minimum Gasteiger partial charge on any atom is -0.353 e. The van der Waals surface area contributed by atoms with Crippen LogP contribution in [0, 0.1) is 11.8 Å². The molecule has 1 aromatic carbocycles. The van der Waals surface area contributed by atoms with E-state index in [1.165, 1.54) is 0 Å². The van der Waals surface area contributed by atoms with Crippen molar-refractivity contribution in [2.75, 3.05) is 6.61 Å². The Kier molecular flexibility index (Phi) is 4.87. The summed E-state index contributed by atoms with van der Waals surface area (Å²) in [6.45, 7) is 4.68. The minimum atomic E-state index is -0.585. The summed E-state index contributed by atoms with van der Waals surface area (Å²) in [6.07, 6.45) is 4.76. The molecule has 120 valence electrons. The van der Waals surface area contributed by atoms with Crippen LogP contribution in [-0.2, 0) is 9.47 Å². The Bertz CT molecular complexity index is 755. The molecule has 23 heavy (non-hydrogen) atoms. The van der Waals surface area contributed by atoms with Gasteiger partial charge >= 0.3 is 0 Å². The third-order valence-corrected chi connectivity index (χ3v) is 4.01. The van der Waals surface area contributed by atoms with Crippen molar-refractivity contribution in [3.05, 3.63) is 41.2 Å². The van der Waals surface area contributed by atoms with Crippen LogP contribution in [0.3, 0.4) is 0 Å². The van der Waals surface area contributed by atoms with Crippen LogP contribution in [0.4, 0.5) is 0 Å². The highest BCUT2D eigenvalue weighted by molar-refractivity contribution is 6.31. The molecule has 0 spiro atoms. The number of hydrogen-bond acceptors (Lipinski definition) is 3. The number of fused-ring (bicyclic) bond motifs is 1. The van der Waals surface area contributed by atoms with Gasteiger partial charge in [0.05, 0.1) is 0 Å². The zero-order chi connectivity index (χ0) is 16.3. The predicted molar refractivity (Wildman–Crippen MR) is 92.4 cm³/mol. The Morgan fingerprint density at radius 2 is 2.17 bits per heavy atom. The molecule has 0 bridgehead atoms. The van der Waals surface area contributed by atoms with E-state index in [9.17, 15) is 0 Å². The lowest BCUT2D eigenvalue weighted by molar-refractivity contribution is -0.199. The van der Waals surface area contributed by atoms with Crippen LogP contribution >= 0.6 is 11.6 Å². The van der Waals surface area contributed by atoms with E-state index >= 15 is 0 Å². The van der Waals surface area contributed by atoms with Crippen LogP contribution in [0.2, 0.25) is 5.02 Å². The van der Waals surface area contributed by atoms with Crippen molar-refractivity contribution in [2.24, 2.45) is 0 Å². The fraction of sp³-hybridized carbons (Fsp3) is 0.421. The quantitative estimate of drug-likeness (QED) is 0.757.